The summed E-state index contributed by atoms with van der Waals surface area (Å²) in [5, 5.41) is 13.8. The summed E-state index contributed by atoms with van der Waals surface area (Å²) in [6, 6.07) is 14.8. The van der Waals surface area contributed by atoms with Gasteiger partial charge in [-0.2, -0.15) is 4.98 Å². The van der Waals surface area contributed by atoms with E-state index in [1.807, 2.05) is 38.2 Å². The molecule has 186 valence electrons. The number of hydrogen-bond acceptors (Lipinski definition) is 8. The zero-order valence-electron chi connectivity index (χ0n) is 20.6. The van der Waals surface area contributed by atoms with Crippen LogP contribution in [0.25, 0.3) is 0 Å². The molecule has 2 aromatic carbocycles. The van der Waals surface area contributed by atoms with Crippen molar-refractivity contribution in [3.63, 3.8) is 0 Å². The molecule has 0 saturated carbocycles. The van der Waals surface area contributed by atoms with Crippen molar-refractivity contribution in [2.24, 2.45) is 0 Å². The van der Waals surface area contributed by atoms with Crippen molar-refractivity contribution in [3.8, 4) is 5.75 Å². The molecule has 0 spiro atoms. The predicted octanol–water partition coefficient (Wildman–Crippen LogP) is 4.92. The van der Waals surface area contributed by atoms with Gasteiger partial charge in [0.25, 0.3) is 0 Å². The number of hydrogen-bond donors (Lipinski definition) is 4. The fourth-order valence-corrected chi connectivity index (χ4v) is 4.42. The van der Waals surface area contributed by atoms with Crippen molar-refractivity contribution in [3.05, 3.63) is 59.2 Å². The molecule has 1 atom stereocenters. The van der Waals surface area contributed by atoms with E-state index >= 15 is 0 Å². The molecule has 9 heteroatoms. The minimum absolute atomic E-state index is 0.435. The molecule has 3 aromatic rings. The molecule has 0 aliphatic carbocycles. The first kappa shape index (κ1) is 25.0. The number of nitrogens with zero attached hydrogens (tertiary/aromatic N) is 3. The second kappa shape index (κ2) is 12.1. The molecule has 0 bridgehead atoms. The molecule has 2 heterocycles. The normalized spacial score (nSPS) is 15.3. The SMILES string of the molecule is CCN[C@@H]1CCN(c2ccc(Nc3ncc(Cl)c(Nc4ccccc4CNC)n3)c(OCC)c2)C1. The van der Waals surface area contributed by atoms with Crippen LogP contribution in [0, 0.1) is 0 Å². The van der Waals surface area contributed by atoms with E-state index in [-0.39, 0.29) is 0 Å². The molecular formula is C26H34ClN7O. The molecule has 1 fully saturated rings. The molecule has 8 nitrogen and oxygen atoms in total. The lowest BCUT2D eigenvalue weighted by Gasteiger charge is -2.21. The van der Waals surface area contributed by atoms with Crippen LogP contribution in [-0.4, -0.2) is 49.3 Å². The topological polar surface area (TPSA) is 86.4 Å². The maximum atomic E-state index is 6.42. The molecular weight excluding hydrogens is 462 g/mol. The van der Waals surface area contributed by atoms with Crippen LogP contribution in [-0.2, 0) is 6.54 Å². The van der Waals surface area contributed by atoms with E-state index in [1.54, 1.807) is 6.20 Å². The first-order valence-electron chi connectivity index (χ1n) is 12.2. The van der Waals surface area contributed by atoms with Crippen LogP contribution < -0.4 is 30.9 Å². The molecule has 35 heavy (non-hydrogen) atoms. The highest BCUT2D eigenvalue weighted by atomic mass is 35.5. The third-order valence-corrected chi connectivity index (χ3v) is 6.22. The fourth-order valence-electron chi connectivity index (χ4n) is 4.29. The summed E-state index contributed by atoms with van der Waals surface area (Å²) in [5.74, 6) is 1.74. The summed E-state index contributed by atoms with van der Waals surface area (Å²) >= 11 is 6.42. The van der Waals surface area contributed by atoms with Gasteiger partial charge in [0.1, 0.15) is 10.8 Å². The van der Waals surface area contributed by atoms with Crippen LogP contribution in [0.4, 0.5) is 28.8 Å². The largest absolute Gasteiger partial charge is 0.492 e. The Labute approximate surface area is 212 Å². The highest BCUT2D eigenvalue weighted by Gasteiger charge is 2.22. The number of para-hydroxylation sites is 1. The number of halogens is 1. The van der Waals surface area contributed by atoms with Crippen molar-refractivity contribution >= 4 is 40.4 Å². The first-order valence-corrected chi connectivity index (χ1v) is 12.5. The summed E-state index contributed by atoms with van der Waals surface area (Å²) in [7, 11) is 1.92. The smallest absolute Gasteiger partial charge is 0.229 e. The Bertz CT molecular complexity index is 1130. The molecule has 0 radical (unpaired) electrons. The van der Waals surface area contributed by atoms with Gasteiger partial charge in [0, 0.05) is 43.1 Å². The van der Waals surface area contributed by atoms with Crippen molar-refractivity contribution in [1.29, 1.82) is 0 Å². The van der Waals surface area contributed by atoms with Crippen molar-refractivity contribution in [2.45, 2.75) is 32.9 Å². The van der Waals surface area contributed by atoms with Crippen LogP contribution >= 0.6 is 11.6 Å². The molecule has 4 rings (SSSR count). The number of anilines is 5. The van der Waals surface area contributed by atoms with Gasteiger partial charge in [-0.3, -0.25) is 0 Å². The molecule has 1 saturated heterocycles. The Kier molecular flexibility index (Phi) is 8.63. The van der Waals surface area contributed by atoms with Crippen LogP contribution in [0.15, 0.2) is 48.7 Å². The number of aromatic nitrogens is 2. The lowest BCUT2D eigenvalue weighted by atomic mass is 10.2. The minimum Gasteiger partial charge on any atom is -0.492 e. The minimum atomic E-state index is 0.435. The van der Waals surface area contributed by atoms with Gasteiger partial charge >= 0.3 is 0 Å². The van der Waals surface area contributed by atoms with Crippen LogP contribution in [0.1, 0.15) is 25.8 Å². The molecule has 0 amide bonds. The van der Waals surface area contributed by atoms with E-state index in [0.717, 1.165) is 61.0 Å². The molecule has 1 aliphatic heterocycles. The van der Waals surface area contributed by atoms with Crippen molar-refractivity contribution < 1.29 is 4.74 Å². The highest BCUT2D eigenvalue weighted by molar-refractivity contribution is 6.32. The van der Waals surface area contributed by atoms with Gasteiger partial charge in [-0.1, -0.05) is 36.7 Å². The van der Waals surface area contributed by atoms with E-state index in [9.17, 15) is 0 Å². The Morgan fingerprint density at radius 2 is 1.97 bits per heavy atom. The maximum Gasteiger partial charge on any atom is 0.229 e. The Balaban J connectivity index is 1.54. The van der Waals surface area contributed by atoms with Crippen LogP contribution in [0.5, 0.6) is 5.75 Å². The van der Waals surface area contributed by atoms with Crippen molar-refractivity contribution in [1.82, 2.24) is 20.6 Å². The fraction of sp³-hybridized carbons (Fsp3) is 0.385. The van der Waals surface area contributed by atoms with Crippen LogP contribution in [0.2, 0.25) is 5.02 Å². The molecule has 4 N–H and O–H groups in total. The lowest BCUT2D eigenvalue weighted by Crippen LogP contribution is -2.32. The molecule has 1 aliphatic rings. The number of likely N-dealkylation sites (N-methyl/N-ethyl adjacent to an activating group) is 1. The average Bonchev–Trinajstić information content (AvgIpc) is 3.33. The van der Waals surface area contributed by atoms with E-state index in [0.29, 0.717) is 29.4 Å². The molecule has 0 unspecified atom stereocenters. The first-order chi connectivity index (χ1) is 17.1. The van der Waals surface area contributed by atoms with Gasteiger partial charge < -0.3 is 30.9 Å². The summed E-state index contributed by atoms with van der Waals surface area (Å²) in [6.07, 6.45) is 2.74. The summed E-state index contributed by atoms with van der Waals surface area (Å²) in [6.45, 7) is 8.44. The quantitative estimate of drug-likeness (QED) is 0.298. The number of benzene rings is 2. The summed E-state index contributed by atoms with van der Waals surface area (Å²) in [5.41, 5.74) is 4.02. The average molecular weight is 496 g/mol. The second-order valence-electron chi connectivity index (χ2n) is 8.43. The monoisotopic (exact) mass is 495 g/mol. The highest BCUT2D eigenvalue weighted by Crippen LogP contribution is 2.34. The van der Waals surface area contributed by atoms with Gasteiger partial charge in [0.15, 0.2) is 5.82 Å². The van der Waals surface area contributed by atoms with Gasteiger partial charge in [-0.05, 0) is 50.7 Å². The van der Waals surface area contributed by atoms with E-state index in [1.165, 1.54) is 0 Å². The zero-order chi connectivity index (χ0) is 24.6. The predicted molar refractivity (Wildman–Crippen MR) is 145 cm³/mol. The Hall–Kier alpha value is -3.07. The summed E-state index contributed by atoms with van der Waals surface area (Å²) in [4.78, 5) is 11.4. The second-order valence-corrected chi connectivity index (χ2v) is 8.84. The third-order valence-electron chi connectivity index (χ3n) is 5.94. The van der Waals surface area contributed by atoms with E-state index in [2.05, 4.69) is 61.3 Å². The van der Waals surface area contributed by atoms with Gasteiger partial charge in [-0.25, -0.2) is 4.98 Å². The van der Waals surface area contributed by atoms with Crippen molar-refractivity contribution in [2.75, 3.05) is 48.8 Å². The van der Waals surface area contributed by atoms with E-state index < -0.39 is 0 Å². The lowest BCUT2D eigenvalue weighted by molar-refractivity contribution is 0.342. The van der Waals surface area contributed by atoms with E-state index in [4.69, 9.17) is 16.3 Å². The summed E-state index contributed by atoms with van der Waals surface area (Å²) < 4.78 is 5.97. The number of ether oxygens (including phenoxy) is 1. The molecule has 1 aromatic heterocycles. The number of nitrogens with one attached hydrogen (secondary N) is 4. The Morgan fingerprint density at radius 3 is 2.77 bits per heavy atom. The zero-order valence-corrected chi connectivity index (χ0v) is 21.3. The van der Waals surface area contributed by atoms with Gasteiger partial charge in [0.2, 0.25) is 5.95 Å². The Morgan fingerprint density at radius 1 is 1.11 bits per heavy atom. The third kappa shape index (κ3) is 6.33. The number of rotatable bonds is 11. The van der Waals surface area contributed by atoms with Gasteiger partial charge in [-0.15, -0.1) is 0 Å². The van der Waals surface area contributed by atoms with Crippen LogP contribution in [0.3, 0.4) is 0 Å². The standard InChI is InChI=1S/C26H34ClN7O/c1-4-29-19-12-13-34(17-19)20-10-11-23(24(14-20)35-5-2)32-26-30-16-21(27)25(33-26)31-22-9-7-6-8-18(22)15-28-3/h6-11,14,16,19,28-29H,4-5,12-13,15,17H2,1-3H3,(H2,30,31,32,33)/t19-/m1/s1. The maximum absolute atomic E-state index is 6.42. The van der Waals surface area contributed by atoms with Gasteiger partial charge in [0.05, 0.1) is 18.5 Å².